The minimum absolute atomic E-state index is 0.00822. The monoisotopic (exact) mass is 1650 g/mol. The highest BCUT2D eigenvalue weighted by Crippen LogP contribution is 2.38. The van der Waals surface area contributed by atoms with Crippen molar-refractivity contribution in [1.29, 1.82) is 0 Å². The van der Waals surface area contributed by atoms with Gasteiger partial charge >= 0.3 is 11.9 Å². The third-order valence-electron chi connectivity index (χ3n) is 17.5. The van der Waals surface area contributed by atoms with Crippen LogP contribution in [-0.4, -0.2) is 223 Å². The minimum Gasteiger partial charge on any atom is -0.476 e. The number of thiazole rings is 2. The number of carbonyl (C=O) groups excluding carboxylic acids is 3. The van der Waals surface area contributed by atoms with Crippen LogP contribution in [0.25, 0.3) is 0 Å². The number of aliphatic hydroxyl groups excluding tert-OH is 1. The van der Waals surface area contributed by atoms with Gasteiger partial charge in [-0.05, 0) is 99.9 Å². The number of carbonyl (C=O) groups is 4. The molecule has 4 saturated carbocycles. The van der Waals surface area contributed by atoms with Crippen molar-refractivity contribution in [2.75, 3.05) is 88.2 Å². The van der Waals surface area contributed by atoms with Gasteiger partial charge in [-0.3, -0.25) is 20.2 Å². The summed E-state index contributed by atoms with van der Waals surface area (Å²) in [5.41, 5.74) is 1.08. The van der Waals surface area contributed by atoms with Crippen LogP contribution >= 0.6 is 46.2 Å². The molecule has 2 aromatic heterocycles. The fourth-order valence-corrected chi connectivity index (χ4v) is 20.9. The van der Waals surface area contributed by atoms with Crippen molar-refractivity contribution in [3.8, 4) is 0 Å². The highest BCUT2D eigenvalue weighted by atomic mass is 32.2. The highest BCUT2D eigenvalue weighted by molar-refractivity contribution is 8.01. The Bertz CT molecular complexity index is 4790. The number of esters is 1. The third kappa shape index (κ3) is 22.1. The molecule has 0 bridgehead atoms. The molecule has 4 aliphatic carbocycles. The molecule has 4 N–H and O–H groups in total. The summed E-state index contributed by atoms with van der Waals surface area (Å²) in [6.07, 6.45) is 9.97. The van der Waals surface area contributed by atoms with Crippen LogP contribution in [0, 0.1) is 0 Å². The van der Waals surface area contributed by atoms with Gasteiger partial charge in [-0.25, -0.2) is 53.2 Å². The van der Waals surface area contributed by atoms with Gasteiger partial charge in [0.15, 0.2) is 96.9 Å². The smallest absolute Gasteiger partial charge is 0.361 e. The molecule has 4 aliphatic heterocycles. The van der Waals surface area contributed by atoms with E-state index < -0.39 is 63.1 Å². The van der Waals surface area contributed by atoms with Crippen LogP contribution in [0.2, 0.25) is 0 Å². The topological polar surface area (TPSA) is 428 Å². The number of amides is 2. The lowest BCUT2D eigenvalue weighted by Gasteiger charge is -2.11. The summed E-state index contributed by atoms with van der Waals surface area (Å²) < 4.78 is 128. The Morgan fingerprint density at radius 3 is 1.02 bits per heavy atom. The number of nitrogens with zero attached hydrogens (tertiary/aromatic N) is 6. The zero-order valence-electron chi connectivity index (χ0n) is 58.4. The number of nitrogens with one attached hydrogen (secondary N) is 2. The summed E-state index contributed by atoms with van der Waals surface area (Å²) in [6.45, 7) is 3.71. The van der Waals surface area contributed by atoms with Crippen LogP contribution < -0.4 is 10.6 Å². The van der Waals surface area contributed by atoms with E-state index in [2.05, 4.69) is 41.2 Å². The van der Waals surface area contributed by atoms with Crippen molar-refractivity contribution >= 4 is 142 Å². The molecular formula is C70H78N8O23S8. The molecule has 0 unspecified atom stereocenters. The zero-order chi connectivity index (χ0) is 76.7. The number of hydrogen-bond acceptors (Lipinski definition) is 32. The number of anilines is 2. The van der Waals surface area contributed by atoms with Crippen molar-refractivity contribution in [3.05, 3.63) is 132 Å². The molecule has 4 aromatic carbocycles. The van der Waals surface area contributed by atoms with Crippen LogP contribution in [0.3, 0.4) is 0 Å². The van der Waals surface area contributed by atoms with Gasteiger partial charge in [0.1, 0.15) is 6.61 Å². The van der Waals surface area contributed by atoms with E-state index in [1.54, 1.807) is 24.5 Å². The molecule has 0 spiro atoms. The van der Waals surface area contributed by atoms with Crippen LogP contribution in [0.1, 0.15) is 99.3 Å². The molecule has 6 aromatic rings. The molecule has 6 heterocycles. The van der Waals surface area contributed by atoms with E-state index >= 15 is 0 Å². The number of aliphatic hydroxyl groups is 1. The molecule has 0 radical (unpaired) electrons. The maximum absolute atomic E-state index is 13.5. The summed E-state index contributed by atoms with van der Waals surface area (Å²) in [5.74, 6) is -2.19. The van der Waals surface area contributed by atoms with Crippen molar-refractivity contribution < 1.29 is 106 Å². The number of thioether (sulfide) groups is 2. The van der Waals surface area contributed by atoms with Crippen molar-refractivity contribution in [2.45, 2.75) is 150 Å². The lowest BCUT2D eigenvalue weighted by molar-refractivity contribution is -0.135. The Morgan fingerprint density at radius 2 is 0.725 bits per heavy atom. The molecule has 4 saturated heterocycles. The molecule has 2 amide bonds. The van der Waals surface area contributed by atoms with E-state index in [4.69, 9.17) is 48.1 Å². The Labute approximate surface area is 645 Å². The van der Waals surface area contributed by atoms with Gasteiger partial charge < -0.3 is 53.2 Å². The van der Waals surface area contributed by atoms with E-state index in [-0.39, 0.29) is 101 Å². The second-order valence-electron chi connectivity index (χ2n) is 25.9. The Hall–Kier alpha value is -7.80. The van der Waals surface area contributed by atoms with E-state index in [9.17, 15) is 58.0 Å². The maximum atomic E-state index is 13.5. The number of sulfone groups is 4. The number of carboxylic acid groups (broad SMARTS) is 1. The summed E-state index contributed by atoms with van der Waals surface area (Å²) in [7, 11) is -13.4. The van der Waals surface area contributed by atoms with Crippen LogP contribution in [-0.2, 0) is 102 Å². The van der Waals surface area contributed by atoms with Gasteiger partial charge in [0.25, 0.3) is 11.8 Å². The summed E-state index contributed by atoms with van der Waals surface area (Å²) >= 11 is 5.29. The minimum atomic E-state index is -3.40. The fourth-order valence-electron chi connectivity index (χ4n) is 10.8. The van der Waals surface area contributed by atoms with Crippen molar-refractivity contribution in [1.82, 2.24) is 9.97 Å². The number of ether oxygens (including phenoxy) is 5. The first-order valence-electron chi connectivity index (χ1n) is 35.0. The number of aliphatic carboxylic acids is 1. The third-order valence-corrected chi connectivity index (χ3v) is 30.8. The maximum Gasteiger partial charge on any atom is 0.361 e. The Morgan fingerprint density at radius 1 is 0.431 bits per heavy atom. The molecule has 8 aliphatic rings. The average Bonchev–Trinajstić information content (AvgIpc) is 1.69. The van der Waals surface area contributed by atoms with E-state index in [1.807, 2.05) is 0 Å². The van der Waals surface area contributed by atoms with E-state index in [0.717, 1.165) is 8.42 Å². The number of benzene rings is 4. The Balaban J connectivity index is 0.000000169. The number of hydrogen-bond donors (Lipinski definition) is 4. The quantitative estimate of drug-likeness (QED) is 0.0102. The highest BCUT2D eigenvalue weighted by Gasteiger charge is 2.40. The van der Waals surface area contributed by atoms with Gasteiger partial charge in [0, 0.05) is 59.4 Å². The van der Waals surface area contributed by atoms with Crippen LogP contribution in [0.15, 0.2) is 158 Å². The number of carboxylic acids is 1. The normalized spacial score (nSPS) is 20.6. The standard InChI is InChI=1S/C35H38N4O11S4.C20H23N3O6S3.C15H17NO6S/c40-33(31(38-49-24-13-15-46-20-24)22-1-5-26(6-2-22)53(42,43)28-9-10-28)37-35-36-19-30(52-35)51-18-17-48-34(41)32(39-50-25-14-16-47-21-25)23-3-7-27(8-4-23)54(44,45)29-11-12-29;24-8-10-30-17-11-21-20(31-17)22-19(25)18(23-29-14-7-9-28-12-14)13-1-3-15(4-2-13)32(26,27)16-5-6-16;17-15(18)14(16-22-11-7-8-21-9-11)10-1-3-12(4-2-10)23(19,20)13-5-6-13/h1-8,19,24-25,28-29H,9-18,20-21H2,(H,36,37,40);1-4,11,14,16,24H,5-10,12H2,(H,21,22,25);1-4,11,13H,5-9H2,(H,17,18)/b38-31+,39-32+;23-18+;16-14+/t24-,25-;14-;11-/m111/s1. The van der Waals surface area contributed by atoms with Gasteiger partial charge in [0.05, 0.1) is 121 Å². The van der Waals surface area contributed by atoms with Crippen molar-refractivity contribution in [2.24, 2.45) is 20.6 Å². The SMILES string of the molecule is O=C(Nc1ncc(SCCO)s1)/C(=N/O[C@@H]1CCOC1)c1ccc(S(=O)(=O)C2CC2)cc1.O=C(Nc1ncc(SCCOC(=O)/C(=N/O[C@@H]2CCOC2)c2ccc(S(=O)(=O)C3CC3)cc2)s1)/C(=N/O[C@@H]1CCOC1)c1ccc(S(=O)(=O)C2CC2)cc1.O=C(O)/C(=N/O[C@@H]1CCOC1)c1ccc(S(=O)(=O)C2CC2)cc1. The second kappa shape index (κ2) is 37.0. The van der Waals surface area contributed by atoms with Gasteiger partial charge in [-0.1, -0.05) is 91.8 Å². The first kappa shape index (κ1) is 80.7. The van der Waals surface area contributed by atoms with Crippen molar-refractivity contribution in [3.63, 3.8) is 0 Å². The van der Waals surface area contributed by atoms with Gasteiger partial charge in [-0.2, -0.15) is 0 Å². The predicted molar refractivity (Wildman–Crippen MR) is 403 cm³/mol. The van der Waals surface area contributed by atoms with E-state index in [0.29, 0.717) is 174 Å². The first-order valence-corrected chi connectivity index (χ1v) is 44.8. The molecule has 14 rings (SSSR count). The zero-order valence-corrected chi connectivity index (χ0v) is 64.9. The lowest BCUT2D eigenvalue weighted by Crippen LogP contribution is -2.25. The number of oxime groups is 4. The van der Waals surface area contributed by atoms with Gasteiger partial charge in [0.2, 0.25) is 0 Å². The van der Waals surface area contributed by atoms with E-state index in [1.165, 1.54) is 131 Å². The average molecular weight is 1660 g/mol. The summed E-state index contributed by atoms with van der Waals surface area (Å²) in [6, 6.07) is 23.8. The number of rotatable bonds is 33. The molecule has 109 heavy (non-hydrogen) atoms. The summed E-state index contributed by atoms with van der Waals surface area (Å²) in [4.78, 5) is 82.2. The second-order valence-corrected chi connectivity index (χ2v) is 39.7. The van der Waals surface area contributed by atoms with Crippen LogP contribution in [0.4, 0.5) is 10.3 Å². The molecule has 39 heteroatoms. The molecular weight excluding hydrogens is 1580 g/mol. The predicted octanol–water partition coefficient (Wildman–Crippen LogP) is 7.54. The largest absolute Gasteiger partial charge is 0.476 e. The lowest BCUT2D eigenvalue weighted by atomic mass is 10.1. The molecule has 31 nitrogen and oxygen atoms in total. The summed E-state index contributed by atoms with van der Waals surface area (Å²) in [5, 5.41) is 39.0. The van der Waals surface area contributed by atoms with Crippen LogP contribution in [0.5, 0.6) is 0 Å². The Kier molecular flexibility index (Phi) is 27.4. The fraction of sp³-hybridized carbons (Fsp3) is 0.457. The van der Waals surface area contributed by atoms with Gasteiger partial charge in [-0.15, -0.1) is 23.5 Å². The molecule has 584 valence electrons. The molecule has 8 fully saturated rings. The molecule has 4 atom stereocenters. The number of aromatic nitrogens is 2. The first-order chi connectivity index (χ1) is 52.5.